The molecule has 3 aromatic rings. The van der Waals surface area contributed by atoms with Gasteiger partial charge in [-0.25, -0.2) is 4.98 Å². The summed E-state index contributed by atoms with van der Waals surface area (Å²) in [6.45, 7) is 4.26. The van der Waals surface area contributed by atoms with Crippen LogP contribution in [0.25, 0.3) is 11.5 Å². The molecule has 1 heterocycles. The maximum absolute atomic E-state index is 11.7. The summed E-state index contributed by atoms with van der Waals surface area (Å²) in [7, 11) is 0. The molecule has 0 aliphatic heterocycles. The van der Waals surface area contributed by atoms with Gasteiger partial charge < -0.3 is 14.3 Å². The van der Waals surface area contributed by atoms with Crippen molar-refractivity contribution in [3.63, 3.8) is 0 Å². The second kappa shape index (κ2) is 9.68. The fourth-order valence-corrected chi connectivity index (χ4v) is 5.96. The first kappa shape index (κ1) is 22.9. The summed E-state index contributed by atoms with van der Waals surface area (Å²) in [4.78, 5) is 16.3. The Labute approximate surface area is 204 Å². The van der Waals surface area contributed by atoms with Gasteiger partial charge in [-0.15, -0.1) is 0 Å². The lowest BCUT2D eigenvalue weighted by molar-refractivity contribution is -0.142. The zero-order valence-corrected chi connectivity index (χ0v) is 21.0. The van der Waals surface area contributed by atoms with Crippen LogP contribution in [0, 0.1) is 25.0 Å². The highest BCUT2D eigenvalue weighted by atomic mass is 79.9. The van der Waals surface area contributed by atoms with E-state index in [1.807, 2.05) is 32.0 Å². The molecule has 7 heteroatoms. The Kier molecular flexibility index (Phi) is 6.92. The molecule has 0 bridgehead atoms. The van der Waals surface area contributed by atoms with Gasteiger partial charge in [0.25, 0.3) is 0 Å². The Morgan fingerprint density at radius 2 is 2.25 bits per heavy atom. The lowest BCUT2D eigenvalue weighted by Crippen LogP contribution is -2.20. The number of rotatable bonds is 8. The first-order valence-corrected chi connectivity index (χ1v) is 12.2. The molecule has 0 saturated heterocycles. The van der Waals surface area contributed by atoms with Crippen molar-refractivity contribution in [3.8, 4) is 17.2 Å². The second-order valence-electron chi connectivity index (χ2n) is 7.90. The number of fused-ring (bicyclic) bond motifs is 1. The molecule has 166 valence electrons. The summed E-state index contributed by atoms with van der Waals surface area (Å²) in [5.41, 5.74) is 3.85. The zero-order chi connectivity index (χ0) is 22.8. The van der Waals surface area contributed by atoms with E-state index < -0.39 is 5.97 Å². The van der Waals surface area contributed by atoms with Crippen molar-refractivity contribution < 1.29 is 19.1 Å². The van der Waals surface area contributed by atoms with E-state index in [2.05, 4.69) is 49.0 Å². The third-order valence-electron chi connectivity index (χ3n) is 6.02. The Balaban J connectivity index is 1.49. The van der Waals surface area contributed by atoms with E-state index in [-0.39, 0.29) is 11.8 Å². The van der Waals surface area contributed by atoms with E-state index in [0.717, 1.165) is 55.7 Å². The molecule has 1 aromatic heterocycles. The summed E-state index contributed by atoms with van der Waals surface area (Å²) in [5, 5.41) is 9.61. The lowest BCUT2D eigenvalue weighted by atomic mass is 9.85. The minimum Gasteiger partial charge on any atom is -0.491 e. The molecule has 0 amide bonds. The number of ether oxygens (including phenoxy) is 1. The molecule has 2 unspecified atom stereocenters. The van der Waals surface area contributed by atoms with Crippen LogP contribution in [0.3, 0.4) is 0 Å². The molecule has 1 aliphatic carbocycles. The summed E-state index contributed by atoms with van der Waals surface area (Å²) in [6, 6.07) is 13.5. The normalized spacial score (nSPS) is 15.8. The number of oxazole rings is 1. The van der Waals surface area contributed by atoms with E-state index in [1.165, 1.54) is 0 Å². The smallest absolute Gasteiger partial charge is 0.307 e. The number of benzene rings is 1. The standard InChI is InChI=1S/C25H23Br2NO4/c1-3-16(25(29)30)17-9-10-18-19(17)13-20(26)23(22(18)27)31-12-11-21-14(2)32-24(28-21)15-7-5-4-6-8-15/h4-5,7,13,16-17H,3,9-12H2,1-2H3,(H,29,30). The SMILES string of the molecule is CCC(C(=O)O)C1CCc2c1cc(Br)c(OCCc1nc(-c3c#cccc3)oc1C)c2Br. The molecule has 4 rings (SSSR count). The van der Waals surface area contributed by atoms with Crippen LogP contribution in [-0.2, 0) is 17.6 Å². The number of aromatic nitrogens is 1. The number of carboxylic acid groups (broad SMARTS) is 1. The minimum atomic E-state index is -0.730. The maximum atomic E-state index is 11.7. The summed E-state index contributed by atoms with van der Waals surface area (Å²) >= 11 is 7.34. The number of hydrogen-bond donors (Lipinski definition) is 1. The van der Waals surface area contributed by atoms with E-state index in [9.17, 15) is 9.90 Å². The number of halogens is 2. The first-order chi connectivity index (χ1) is 15.4. The van der Waals surface area contributed by atoms with Crippen molar-refractivity contribution in [3.05, 3.63) is 67.9 Å². The van der Waals surface area contributed by atoms with Crippen LogP contribution < -0.4 is 4.74 Å². The third-order valence-corrected chi connectivity index (χ3v) is 7.44. The summed E-state index contributed by atoms with van der Waals surface area (Å²) in [5.74, 6) is 0.952. The van der Waals surface area contributed by atoms with Crippen LogP contribution in [0.5, 0.6) is 5.75 Å². The van der Waals surface area contributed by atoms with Crippen molar-refractivity contribution in [2.24, 2.45) is 5.92 Å². The fourth-order valence-electron chi connectivity index (χ4n) is 4.38. The number of hydrogen-bond acceptors (Lipinski definition) is 4. The van der Waals surface area contributed by atoms with Gasteiger partial charge in [-0.3, -0.25) is 4.79 Å². The minimum absolute atomic E-state index is 0.0254. The van der Waals surface area contributed by atoms with Crippen LogP contribution >= 0.6 is 31.9 Å². The van der Waals surface area contributed by atoms with Crippen molar-refractivity contribution in [2.45, 2.75) is 45.4 Å². The second-order valence-corrected chi connectivity index (χ2v) is 9.54. The Morgan fingerprint density at radius 1 is 1.44 bits per heavy atom. The topological polar surface area (TPSA) is 72.6 Å². The average Bonchev–Trinajstić information content (AvgIpc) is 3.35. The molecule has 2 atom stereocenters. The van der Waals surface area contributed by atoms with Gasteiger partial charge in [-0.2, -0.15) is 0 Å². The van der Waals surface area contributed by atoms with E-state index in [4.69, 9.17) is 9.15 Å². The highest BCUT2D eigenvalue weighted by Crippen LogP contribution is 2.48. The highest BCUT2D eigenvalue weighted by Gasteiger charge is 2.35. The molecule has 0 fully saturated rings. The zero-order valence-electron chi connectivity index (χ0n) is 17.9. The fraction of sp³-hybridized carbons (Fsp3) is 0.360. The van der Waals surface area contributed by atoms with E-state index in [0.29, 0.717) is 25.3 Å². The van der Waals surface area contributed by atoms with Gasteiger partial charge in [0.15, 0.2) is 0 Å². The predicted octanol–water partition coefficient (Wildman–Crippen LogP) is 6.54. The first-order valence-electron chi connectivity index (χ1n) is 10.6. The average molecular weight is 561 g/mol. The Bertz CT molecular complexity index is 1130. The van der Waals surface area contributed by atoms with Gasteiger partial charge >= 0.3 is 5.97 Å². The largest absolute Gasteiger partial charge is 0.491 e. The number of carboxylic acids is 1. The monoisotopic (exact) mass is 559 g/mol. The van der Waals surface area contributed by atoms with Crippen LogP contribution in [0.4, 0.5) is 0 Å². The molecule has 2 aromatic carbocycles. The van der Waals surface area contributed by atoms with Gasteiger partial charge in [-0.1, -0.05) is 25.1 Å². The molecule has 0 saturated carbocycles. The number of nitrogens with zero attached hydrogens (tertiary/aromatic N) is 1. The van der Waals surface area contributed by atoms with E-state index >= 15 is 0 Å². The number of aryl methyl sites for hydroxylation is 1. The van der Waals surface area contributed by atoms with Gasteiger partial charge in [0.05, 0.1) is 32.7 Å². The van der Waals surface area contributed by atoms with Crippen molar-refractivity contribution in [1.29, 1.82) is 0 Å². The molecule has 1 N–H and O–H groups in total. The quantitative estimate of drug-likeness (QED) is 0.339. The van der Waals surface area contributed by atoms with Crippen molar-refractivity contribution >= 4 is 37.8 Å². The third kappa shape index (κ3) is 4.44. The van der Waals surface area contributed by atoms with Crippen molar-refractivity contribution in [1.82, 2.24) is 4.98 Å². The van der Waals surface area contributed by atoms with Gasteiger partial charge in [-0.05, 0) is 93.3 Å². The van der Waals surface area contributed by atoms with Crippen LogP contribution in [-0.4, -0.2) is 22.7 Å². The van der Waals surface area contributed by atoms with Gasteiger partial charge in [0.1, 0.15) is 11.5 Å². The predicted molar refractivity (Wildman–Crippen MR) is 128 cm³/mol. The summed E-state index contributed by atoms with van der Waals surface area (Å²) in [6.07, 6.45) is 2.89. The lowest BCUT2D eigenvalue weighted by Gasteiger charge is -2.20. The highest BCUT2D eigenvalue weighted by molar-refractivity contribution is 9.11. The van der Waals surface area contributed by atoms with Crippen LogP contribution in [0.15, 0.2) is 37.6 Å². The number of aliphatic carboxylic acids is 1. The van der Waals surface area contributed by atoms with Gasteiger partial charge in [0.2, 0.25) is 5.89 Å². The molecule has 32 heavy (non-hydrogen) atoms. The summed E-state index contributed by atoms with van der Waals surface area (Å²) < 4.78 is 13.6. The number of carbonyl (C=O) groups is 1. The Morgan fingerprint density at radius 3 is 2.94 bits per heavy atom. The molecular weight excluding hydrogens is 538 g/mol. The molecule has 0 radical (unpaired) electrons. The van der Waals surface area contributed by atoms with Crippen molar-refractivity contribution in [2.75, 3.05) is 6.61 Å². The molecule has 5 nitrogen and oxygen atoms in total. The van der Waals surface area contributed by atoms with Crippen LogP contribution in [0.1, 0.15) is 48.3 Å². The maximum Gasteiger partial charge on any atom is 0.307 e. The molecular formula is C25H23Br2NO4. The molecule has 0 spiro atoms. The Hall–Kier alpha value is -2.30. The van der Waals surface area contributed by atoms with E-state index in [1.54, 1.807) is 6.07 Å². The molecule has 1 aliphatic rings. The van der Waals surface area contributed by atoms with Crippen LogP contribution in [0.2, 0.25) is 0 Å². The van der Waals surface area contributed by atoms with Gasteiger partial charge in [0, 0.05) is 6.42 Å².